The highest BCUT2D eigenvalue weighted by Crippen LogP contribution is 2.42. The van der Waals surface area contributed by atoms with E-state index in [2.05, 4.69) is 24.0 Å². The summed E-state index contributed by atoms with van der Waals surface area (Å²) in [5.74, 6) is -0.221. The Morgan fingerprint density at radius 2 is 1.84 bits per heavy atom. The van der Waals surface area contributed by atoms with Crippen molar-refractivity contribution in [2.45, 2.75) is 65.3 Å². The molecular formula is C36H40FN5O3. The maximum Gasteiger partial charge on any atom is 0.311 e. The molecule has 2 fully saturated rings. The number of fused-ring (bicyclic) bond motifs is 2. The van der Waals surface area contributed by atoms with E-state index in [-0.39, 0.29) is 29.7 Å². The van der Waals surface area contributed by atoms with Crippen LogP contribution in [0.2, 0.25) is 0 Å². The molecule has 4 heterocycles. The summed E-state index contributed by atoms with van der Waals surface area (Å²) in [5, 5.41) is 4.80. The Morgan fingerprint density at radius 3 is 2.60 bits per heavy atom. The normalized spacial score (nSPS) is 20.0. The lowest BCUT2D eigenvalue weighted by atomic mass is 9.78. The number of esters is 1. The molecular weight excluding hydrogens is 569 g/mol. The third kappa shape index (κ3) is 5.26. The lowest BCUT2D eigenvalue weighted by Crippen LogP contribution is -2.39. The minimum Gasteiger partial charge on any atom is -0.466 e. The van der Waals surface area contributed by atoms with E-state index in [0.29, 0.717) is 48.2 Å². The van der Waals surface area contributed by atoms with Crippen molar-refractivity contribution >= 4 is 23.2 Å². The van der Waals surface area contributed by atoms with Gasteiger partial charge in [-0.1, -0.05) is 24.3 Å². The van der Waals surface area contributed by atoms with Crippen LogP contribution in [0.4, 0.5) is 10.1 Å². The third-order valence-corrected chi connectivity index (χ3v) is 10.1. The zero-order valence-electron chi connectivity index (χ0n) is 26.4. The second-order valence-electron chi connectivity index (χ2n) is 13.3. The van der Waals surface area contributed by atoms with Crippen LogP contribution in [0.1, 0.15) is 86.2 Å². The van der Waals surface area contributed by atoms with Gasteiger partial charge in [0.2, 0.25) is 0 Å². The molecule has 7 rings (SSSR count). The van der Waals surface area contributed by atoms with Crippen molar-refractivity contribution in [3.05, 3.63) is 82.9 Å². The van der Waals surface area contributed by atoms with Crippen molar-refractivity contribution in [1.29, 1.82) is 0 Å². The van der Waals surface area contributed by atoms with E-state index in [9.17, 15) is 9.59 Å². The highest BCUT2D eigenvalue weighted by molar-refractivity contribution is 5.93. The first-order valence-electron chi connectivity index (χ1n) is 16.2. The molecule has 0 radical (unpaired) electrons. The second-order valence-corrected chi connectivity index (χ2v) is 13.3. The van der Waals surface area contributed by atoms with Gasteiger partial charge in [-0.15, -0.1) is 0 Å². The van der Waals surface area contributed by atoms with Gasteiger partial charge in [0.25, 0.3) is 5.91 Å². The minimum atomic E-state index is -0.608. The molecule has 8 nitrogen and oxygen atoms in total. The van der Waals surface area contributed by atoms with Crippen molar-refractivity contribution < 1.29 is 18.7 Å². The van der Waals surface area contributed by atoms with Gasteiger partial charge in [0.15, 0.2) is 5.65 Å². The van der Waals surface area contributed by atoms with E-state index in [1.54, 1.807) is 22.7 Å². The number of aromatic nitrogens is 3. The molecule has 2 atom stereocenters. The summed E-state index contributed by atoms with van der Waals surface area (Å²) in [6.07, 6.45) is 3.71. The average molecular weight is 610 g/mol. The molecule has 2 aliphatic heterocycles. The largest absolute Gasteiger partial charge is 0.466 e. The fraction of sp³-hybridized carbons (Fsp3) is 0.444. The highest BCUT2D eigenvalue weighted by Gasteiger charge is 2.42. The zero-order chi connectivity index (χ0) is 31.5. The molecule has 0 N–H and O–H groups in total. The van der Waals surface area contributed by atoms with Crippen molar-refractivity contribution in [1.82, 2.24) is 19.5 Å². The predicted molar refractivity (Wildman–Crippen MR) is 171 cm³/mol. The number of benzene rings is 2. The number of hydrogen-bond donors (Lipinski definition) is 0. The summed E-state index contributed by atoms with van der Waals surface area (Å²) in [4.78, 5) is 35.2. The van der Waals surface area contributed by atoms with E-state index in [0.717, 1.165) is 43.6 Å². The number of ether oxygens (including phenoxy) is 1. The van der Waals surface area contributed by atoms with Gasteiger partial charge in [-0.25, -0.2) is 13.9 Å². The number of nitrogens with zero attached hydrogens (tertiary/aromatic N) is 5. The predicted octanol–water partition coefficient (Wildman–Crippen LogP) is 6.59. The number of rotatable bonds is 7. The Hall–Kier alpha value is -4.27. The van der Waals surface area contributed by atoms with E-state index >= 15 is 4.39 Å². The molecule has 45 heavy (non-hydrogen) atoms. The van der Waals surface area contributed by atoms with Crippen molar-refractivity contribution in [2.24, 2.45) is 11.3 Å². The first kappa shape index (κ1) is 29.4. The summed E-state index contributed by atoms with van der Waals surface area (Å²) in [6.45, 7) is 10.2. The molecule has 4 aromatic rings. The SMILES string of the molecule is CCOC(=O)C(C)(C)[C@H]1CCN(c2ccc(-c3cc4nc(C(=O)N5CCc6ccccc6[C@H]5C)cc(C5CC5)n4n3)c(F)c2)C1. The van der Waals surface area contributed by atoms with Crippen LogP contribution in [-0.2, 0) is 16.0 Å². The number of amides is 1. The Balaban J connectivity index is 1.15. The molecule has 0 spiro atoms. The molecule has 3 aliphatic rings. The lowest BCUT2D eigenvalue weighted by Gasteiger charge is -2.35. The fourth-order valence-electron chi connectivity index (χ4n) is 7.08. The third-order valence-electron chi connectivity index (χ3n) is 10.1. The topological polar surface area (TPSA) is 80.0 Å². The van der Waals surface area contributed by atoms with Gasteiger partial charge < -0.3 is 14.5 Å². The summed E-state index contributed by atoms with van der Waals surface area (Å²) in [6, 6.07) is 17.2. The molecule has 1 amide bonds. The zero-order valence-corrected chi connectivity index (χ0v) is 26.4. The van der Waals surface area contributed by atoms with E-state index in [4.69, 9.17) is 14.8 Å². The molecule has 234 valence electrons. The first-order chi connectivity index (χ1) is 21.7. The van der Waals surface area contributed by atoms with Crippen molar-refractivity contribution in [3.63, 3.8) is 0 Å². The summed E-state index contributed by atoms with van der Waals surface area (Å²) in [5.41, 5.74) is 5.43. The Kier molecular flexibility index (Phi) is 7.37. The number of halogens is 1. The molecule has 9 heteroatoms. The lowest BCUT2D eigenvalue weighted by molar-refractivity contribution is -0.156. The van der Waals surface area contributed by atoms with Gasteiger partial charge in [-0.3, -0.25) is 9.59 Å². The first-order valence-corrected chi connectivity index (χ1v) is 16.2. The number of anilines is 1. The van der Waals surface area contributed by atoms with E-state index in [1.165, 1.54) is 11.1 Å². The standard InChI is InChI=1S/C36H40FN5O3/c1-5-45-35(44)36(3,4)25-15-16-40(21-25)26-12-13-28(29(37)18-26)30-20-33-38-31(19-32(24-10-11-24)42(33)39-30)34(43)41-17-14-23-8-6-7-9-27(23)22(41)2/h6-9,12-13,18-20,22,24-25H,5,10-11,14-17,21H2,1-4H3/t22-,25+/m1/s1. The van der Waals surface area contributed by atoms with Crippen LogP contribution < -0.4 is 4.90 Å². The van der Waals surface area contributed by atoms with Crippen LogP contribution in [0.25, 0.3) is 16.9 Å². The van der Waals surface area contributed by atoms with Gasteiger partial charge in [0.1, 0.15) is 11.5 Å². The maximum absolute atomic E-state index is 15.7. The molecule has 1 aliphatic carbocycles. The van der Waals surface area contributed by atoms with Crippen LogP contribution in [-0.4, -0.2) is 57.6 Å². The van der Waals surface area contributed by atoms with Crippen LogP contribution in [0, 0.1) is 17.2 Å². The van der Waals surface area contributed by atoms with Crippen LogP contribution in [0.3, 0.4) is 0 Å². The average Bonchev–Trinajstić information content (AvgIpc) is 3.58. The van der Waals surface area contributed by atoms with Crippen LogP contribution in [0.15, 0.2) is 54.6 Å². The van der Waals surface area contributed by atoms with E-state index in [1.807, 2.05) is 49.9 Å². The van der Waals surface area contributed by atoms with Crippen molar-refractivity contribution in [3.8, 4) is 11.3 Å². The Labute approximate surface area is 263 Å². The molecule has 2 aromatic heterocycles. The van der Waals surface area contributed by atoms with Gasteiger partial charge in [-0.05, 0) is 94.7 Å². The van der Waals surface area contributed by atoms with Crippen LogP contribution in [0.5, 0.6) is 0 Å². The molecule has 0 bridgehead atoms. The van der Waals surface area contributed by atoms with E-state index < -0.39 is 5.41 Å². The number of carbonyl (C=O) groups is 2. The smallest absolute Gasteiger partial charge is 0.311 e. The van der Waals surface area contributed by atoms with Gasteiger partial charge in [-0.2, -0.15) is 5.10 Å². The molecule has 1 saturated carbocycles. The quantitative estimate of drug-likeness (QED) is 0.220. The Morgan fingerprint density at radius 1 is 1.04 bits per heavy atom. The minimum absolute atomic E-state index is 0.0416. The highest BCUT2D eigenvalue weighted by atomic mass is 19.1. The second kappa shape index (κ2) is 11.3. The van der Waals surface area contributed by atoms with Crippen LogP contribution >= 0.6 is 0 Å². The number of hydrogen-bond acceptors (Lipinski definition) is 6. The van der Waals surface area contributed by atoms with Gasteiger partial charge in [0, 0.05) is 48.6 Å². The molecule has 2 aromatic carbocycles. The fourth-order valence-corrected chi connectivity index (χ4v) is 7.08. The summed E-state index contributed by atoms with van der Waals surface area (Å²) >= 11 is 0. The van der Waals surface area contributed by atoms with Crippen molar-refractivity contribution in [2.75, 3.05) is 31.1 Å². The summed E-state index contributed by atoms with van der Waals surface area (Å²) in [7, 11) is 0. The van der Waals surface area contributed by atoms with Gasteiger partial charge >= 0.3 is 5.97 Å². The monoisotopic (exact) mass is 609 g/mol. The molecule has 1 saturated heterocycles. The number of carbonyl (C=O) groups excluding carboxylic acids is 2. The van der Waals surface area contributed by atoms with Gasteiger partial charge in [0.05, 0.1) is 23.8 Å². The summed E-state index contributed by atoms with van der Waals surface area (Å²) < 4.78 is 22.8. The Bertz CT molecular complexity index is 1790. The molecule has 0 unspecified atom stereocenters. The maximum atomic E-state index is 15.7.